The summed E-state index contributed by atoms with van der Waals surface area (Å²) >= 11 is 0. The molecule has 0 fully saturated rings. The molecule has 0 amide bonds. The van der Waals surface area contributed by atoms with E-state index in [1.165, 1.54) is 0 Å². The summed E-state index contributed by atoms with van der Waals surface area (Å²) in [7, 11) is 1.90. The maximum Gasteiger partial charge on any atom is 0.274 e. The molecular weight excluding hydrogens is 182 g/mol. The van der Waals surface area contributed by atoms with Gasteiger partial charge in [0.25, 0.3) is 5.69 Å². The van der Waals surface area contributed by atoms with E-state index >= 15 is 0 Å². The number of hydrazine groups is 1. The van der Waals surface area contributed by atoms with Crippen molar-refractivity contribution in [2.45, 2.75) is 13.5 Å². The normalized spacial score (nSPS) is 15.0. The van der Waals surface area contributed by atoms with Gasteiger partial charge in [0.15, 0.2) is 0 Å². The first-order valence-electron chi connectivity index (χ1n) is 4.33. The molecule has 0 spiro atoms. The zero-order valence-electron chi connectivity index (χ0n) is 8.07. The van der Waals surface area contributed by atoms with E-state index < -0.39 is 0 Å². The summed E-state index contributed by atoms with van der Waals surface area (Å²) in [5.41, 5.74) is 5.88. The molecule has 0 aliphatic carbocycles. The fourth-order valence-electron chi connectivity index (χ4n) is 1.69. The van der Waals surface area contributed by atoms with Crippen molar-refractivity contribution in [2.75, 3.05) is 12.5 Å². The Kier molecular flexibility index (Phi) is 1.89. The van der Waals surface area contributed by atoms with E-state index in [0.29, 0.717) is 5.56 Å². The van der Waals surface area contributed by atoms with Gasteiger partial charge in [0.05, 0.1) is 10.6 Å². The number of aryl methyl sites for hydroxylation is 1. The van der Waals surface area contributed by atoms with Crippen molar-refractivity contribution >= 4 is 11.4 Å². The third-order valence-electron chi connectivity index (χ3n) is 2.34. The molecule has 5 heteroatoms. The molecule has 1 heterocycles. The molecule has 1 N–H and O–H groups in total. The van der Waals surface area contributed by atoms with Gasteiger partial charge in [0, 0.05) is 25.2 Å². The van der Waals surface area contributed by atoms with Crippen molar-refractivity contribution in [3.8, 4) is 0 Å². The van der Waals surface area contributed by atoms with E-state index in [0.717, 1.165) is 17.8 Å². The first-order valence-corrected chi connectivity index (χ1v) is 4.33. The highest BCUT2D eigenvalue weighted by molar-refractivity contribution is 5.62. The summed E-state index contributed by atoms with van der Waals surface area (Å²) in [5, 5.41) is 12.6. The second kappa shape index (κ2) is 2.95. The van der Waals surface area contributed by atoms with E-state index in [1.807, 2.05) is 18.1 Å². The van der Waals surface area contributed by atoms with Gasteiger partial charge in [0.2, 0.25) is 0 Å². The third kappa shape index (κ3) is 1.31. The standard InChI is InChI=1S/C9H11N3O2/c1-6-3-7-5-11(2)10-8(7)4-9(6)12(13)14/h3-4,10H,5H2,1-2H3. The maximum atomic E-state index is 10.7. The summed E-state index contributed by atoms with van der Waals surface area (Å²) in [6, 6.07) is 3.46. The smallest absolute Gasteiger partial charge is 0.274 e. The molecule has 0 aromatic heterocycles. The van der Waals surface area contributed by atoms with E-state index in [-0.39, 0.29) is 10.6 Å². The molecule has 0 saturated carbocycles. The van der Waals surface area contributed by atoms with Crippen molar-refractivity contribution in [2.24, 2.45) is 0 Å². The van der Waals surface area contributed by atoms with Crippen LogP contribution in [0, 0.1) is 17.0 Å². The lowest BCUT2D eigenvalue weighted by Gasteiger charge is -2.06. The maximum absolute atomic E-state index is 10.7. The number of nitro groups is 1. The number of anilines is 1. The fraction of sp³-hybridized carbons (Fsp3) is 0.333. The Morgan fingerprint density at radius 2 is 2.29 bits per heavy atom. The minimum absolute atomic E-state index is 0.173. The molecule has 0 bridgehead atoms. The number of rotatable bonds is 1. The lowest BCUT2D eigenvalue weighted by Crippen LogP contribution is -2.16. The SMILES string of the molecule is Cc1cc2c(cc1[N+](=O)[O-])NN(C)C2. The Morgan fingerprint density at radius 3 is 2.93 bits per heavy atom. The largest absolute Gasteiger partial charge is 0.318 e. The number of hydrogen-bond acceptors (Lipinski definition) is 4. The van der Waals surface area contributed by atoms with Crippen LogP contribution in [0.5, 0.6) is 0 Å². The van der Waals surface area contributed by atoms with E-state index in [2.05, 4.69) is 5.43 Å². The molecule has 0 unspecified atom stereocenters. The zero-order valence-corrected chi connectivity index (χ0v) is 8.07. The lowest BCUT2D eigenvalue weighted by atomic mass is 10.1. The second-order valence-electron chi connectivity index (χ2n) is 3.52. The summed E-state index contributed by atoms with van der Waals surface area (Å²) in [5.74, 6) is 0. The van der Waals surface area contributed by atoms with Crippen molar-refractivity contribution in [1.82, 2.24) is 5.01 Å². The minimum Gasteiger partial charge on any atom is -0.318 e. The van der Waals surface area contributed by atoms with Crippen LogP contribution in [0.2, 0.25) is 0 Å². The fourth-order valence-corrected chi connectivity index (χ4v) is 1.69. The number of fused-ring (bicyclic) bond motifs is 1. The molecule has 2 rings (SSSR count). The predicted molar refractivity (Wildman–Crippen MR) is 52.9 cm³/mol. The van der Waals surface area contributed by atoms with Crippen molar-refractivity contribution in [1.29, 1.82) is 0 Å². The highest BCUT2D eigenvalue weighted by atomic mass is 16.6. The minimum atomic E-state index is -0.352. The summed E-state index contributed by atoms with van der Waals surface area (Å²) < 4.78 is 0. The number of hydrogen-bond donors (Lipinski definition) is 1. The third-order valence-corrected chi connectivity index (χ3v) is 2.34. The molecule has 74 valence electrons. The van der Waals surface area contributed by atoms with Crippen LogP contribution in [-0.2, 0) is 6.54 Å². The molecule has 5 nitrogen and oxygen atoms in total. The average molecular weight is 193 g/mol. The molecule has 1 aliphatic heterocycles. The molecular formula is C9H11N3O2. The average Bonchev–Trinajstić information content (AvgIpc) is 2.42. The highest BCUT2D eigenvalue weighted by Gasteiger charge is 2.20. The summed E-state index contributed by atoms with van der Waals surface area (Å²) in [6.07, 6.45) is 0. The lowest BCUT2D eigenvalue weighted by molar-refractivity contribution is -0.385. The van der Waals surface area contributed by atoms with Crippen LogP contribution in [0.25, 0.3) is 0 Å². The van der Waals surface area contributed by atoms with E-state index in [1.54, 1.807) is 13.0 Å². The van der Waals surface area contributed by atoms with E-state index in [9.17, 15) is 10.1 Å². The van der Waals surface area contributed by atoms with Gasteiger partial charge >= 0.3 is 0 Å². The Hall–Kier alpha value is -1.62. The van der Waals surface area contributed by atoms with Gasteiger partial charge in [-0.3, -0.25) is 10.1 Å². The highest BCUT2D eigenvalue weighted by Crippen LogP contribution is 2.31. The second-order valence-corrected chi connectivity index (χ2v) is 3.52. The topological polar surface area (TPSA) is 58.4 Å². The predicted octanol–water partition coefficient (Wildman–Crippen LogP) is 1.68. The van der Waals surface area contributed by atoms with Crippen molar-refractivity contribution in [3.05, 3.63) is 33.4 Å². The molecule has 0 atom stereocenters. The number of nitrogens with zero attached hydrogens (tertiary/aromatic N) is 2. The van der Waals surface area contributed by atoms with Crippen molar-refractivity contribution < 1.29 is 4.92 Å². The van der Waals surface area contributed by atoms with Crippen LogP contribution in [0.15, 0.2) is 12.1 Å². The molecule has 1 aromatic carbocycles. The number of benzene rings is 1. The monoisotopic (exact) mass is 193 g/mol. The first kappa shape index (κ1) is 8.96. The van der Waals surface area contributed by atoms with Crippen molar-refractivity contribution in [3.63, 3.8) is 0 Å². The Bertz CT molecular complexity index is 403. The van der Waals surface area contributed by atoms with E-state index in [4.69, 9.17) is 0 Å². The van der Waals surface area contributed by atoms with Crippen LogP contribution < -0.4 is 5.43 Å². The van der Waals surface area contributed by atoms with Crippen LogP contribution in [0.1, 0.15) is 11.1 Å². The molecule has 0 radical (unpaired) electrons. The molecule has 1 aliphatic rings. The van der Waals surface area contributed by atoms with Gasteiger partial charge in [0.1, 0.15) is 0 Å². The van der Waals surface area contributed by atoms with Gasteiger partial charge in [-0.1, -0.05) is 0 Å². The van der Waals surface area contributed by atoms with Gasteiger partial charge in [-0.2, -0.15) is 0 Å². The van der Waals surface area contributed by atoms with Crippen LogP contribution in [-0.4, -0.2) is 17.0 Å². The van der Waals surface area contributed by atoms with Gasteiger partial charge in [-0.15, -0.1) is 0 Å². The molecule has 1 aromatic rings. The summed E-state index contributed by atoms with van der Waals surface area (Å²) in [4.78, 5) is 10.3. The quantitative estimate of drug-likeness (QED) is 0.544. The Morgan fingerprint density at radius 1 is 1.57 bits per heavy atom. The number of nitrogens with one attached hydrogen (secondary N) is 1. The summed E-state index contributed by atoms with van der Waals surface area (Å²) in [6.45, 7) is 2.55. The van der Waals surface area contributed by atoms with Crippen LogP contribution >= 0.6 is 0 Å². The zero-order chi connectivity index (χ0) is 10.3. The van der Waals surface area contributed by atoms with Gasteiger partial charge < -0.3 is 5.43 Å². The Balaban J connectivity index is 2.50. The molecule has 14 heavy (non-hydrogen) atoms. The number of nitro benzene ring substituents is 1. The first-order chi connectivity index (χ1) is 6.58. The van der Waals surface area contributed by atoms with Gasteiger partial charge in [-0.05, 0) is 18.6 Å². The van der Waals surface area contributed by atoms with Gasteiger partial charge in [-0.25, -0.2) is 5.01 Å². The molecule has 0 saturated heterocycles. The van der Waals surface area contributed by atoms with Crippen LogP contribution in [0.3, 0.4) is 0 Å². The van der Waals surface area contributed by atoms with Crippen LogP contribution in [0.4, 0.5) is 11.4 Å². The Labute approximate surface area is 81.5 Å².